The van der Waals surface area contributed by atoms with E-state index in [9.17, 15) is 0 Å². The average molecular weight is 1350 g/mol. The zero-order chi connectivity index (χ0) is 64.4. The molecule has 0 radical (unpaired) electrons. The Labute approximate surface area is 572 Å². The maximum atomic E-state index is 4.85. The third kappa shape index (κ3) is 15.7. The summed E-state index contributed by atoms with van der Waals surface area (Å²) in [6.07, 6.45) is 6.98. The van der Waals surface area contributed by atoms with Crippen LogP contribution in [0.15, 0.2) is 386 Å². The van der Waals surface area contributed by atoms with E-state index in [0.717, 1.165) is 99.5 Å². The zero-order valence-electron chi connectivity index (χ0n) is 51.7. The Morgan fingerprint density at radius 3 is 0.674 bits per heavy atom. The molecule has 0 atom stereocenters. The second kappa shape index (κ2) is 30.7. The van der Waals surface area contributed by atoms with E-state index in [0.29, 0.717) is 0 Å². The number of hydrogen-bond acceptors (Lipinski definition) is 7. The molecule has 7 nitrogen and oxygen atoms in total. The first-order valence-corrected chi connectivity index (χ1v) is 32.9. The van der Waals surface area contributed by atoms with E-state index >= 15 is 0 Å². The topological polar surface area (TPSA) is 70.1 Å². The molecule has 456 valence electrons. The van der Waals surface area contributed by atoms with E-state index < -0.39 is 0 Å². The normalized spacial score (nSPS) is 10.6. The zero-order valence-corrected chi connectivity index (χ0v) is 54.9. The van der Waals surface area contributed by atoms with Crippen molar-refractivity contribution in [3.63, 3.8) is 0 Å². The molecule has 0 saturated carbocycles. The molecule has 0 aliphatic heterocycles. The van der Waals surface area contributed by atoms with Gasteiger partial charge in [-0.15, -0.1) is 0 Å². The number of nitrogens with one attached hydrogen (secondary N) is 1. The van der Waals surface area contributed by atoms with E-state index in [2.05, 4.69) is 312 Å². The predicted molar refractivity (Wildman–Crippen MR) is 403 cm³/mol. The van der Waals surface area contributed by atoms with Crippen molar-refractivity contribution < 1.29 is 0 Å². The second-order valence-electron chi connectivity index (χ2n) is 22.2. The number of para-hydroxylation sites is 3. The fourth-order valence-electron chi connectivity index (χ4n) is 11.3. The van der Waals surface area contributed by atoms with Gasteiger partial charge in [0.1, 0.15) is 0 Å². The van der Waals surface area contributed by atoms with Gasteiger partial charge in [-0.25, -0.2) is 0 Å². The summed E-state index contributed by atoms with van der Waals surface area (Å²) in [6.45, 7) is 0. The number of aromatic nitrogens is 4. The molecule has 0 bridgehead atoms. The largest absolute Gasteiger partial charge is 0.356 e. The second-order valence-corrected chi connectivity index (χ2v) is 24.0. The maximum Gasteiger partial charge on any atom is 0.0965 e. The Bertz CT molecular complexity index is 4590. The lowest BCUT2D eigenvalue weighted by molar-refractivity contribution is 1.21. The summed E-state index contributed by atoms with van der Waals surface area (Å²) in [5.74, 6) is 0. The Hall–Kier alpha value is -11.6. The van der Waals surface area contributed by atoms with Gasteiger partial charge in [0, 0.05) is 101 Å². The minimum absolute atomic E-state index is 0.835. The van der Waals surface area contributed by atoms with Gasteiger partial charge in [0.25, 0.3) is 0 Å². The Kier molecular flexibility index (Phi) is 20.1. The molecule has 0 aliphatic rings. The van der Waals surface area contributed by atoms with Crippen LogP contribution in [0.1, 0.15) is 0 Å². The van der Waals surface area contributed by atoms with Gasteiger partial charge in [-0.2, -0.15) is 0 Å². The van der Waals surface area contributed by atoms with Crippen molar-refractivity contribution in [2.24, 2.45) is 0 Å². The lowest BCUT2D eigenvalue weighted by Gasteiger charge is -2.26. The van der Waals surface area contributed by atoms with Crippen molar-refractivity contribution in [2.75, 3.05) is 15.1 Å². The lowest BCUT2D eigenvalue weighted by Crippen LogP contribution is -2.09. The van der Waals surface area contributed by atoms with Crippen molar-refractivity contribution >= 4 is 77.4 Å². The van der Waals surface area contributed by atoms with Crippen LogP contribution >= 0.6 is 31.9 Å². The van der Waals surface area contributed by atoms with Crippen molar-refractivity contribution in [1.29, 1.82) is 0 Å². The van der Waals surface area contributed by atoms with Gasteiger partial charge in [0.2, 0.25) is 0 Å². The van der Waals surface area contributed by atoms with Gasteiger partial charge in [-0.3, -0.25) is 19.9 Å². The van der Waals surface area contributed by atoms with Crippen LogP contribution in [0.5, 0.6) is 0 Å². The van der Waals surface area contributed by atoms with Crippen LogP contribution in [-0.2, 0) is 0 Å². The summed E-state index contributed by atoms with van der Waals surface area (Å²) < 4.78 is 2.10. The molecule has 0 amide bonds. The van der Waals surface area contributed by atoms with Crippen molar-refractivity contribution in [1.82, 2.24) is 19.9 Å². The van der Waals surface area contributed by atoms with Gasteiger partial charge in [0.05, 0.1) is 22.8 Å². The highest BCUT2D eigenvalue weighted by Gasteiger charge is 2.18. The summed E-state index contributed by atoms with van der Waals surface area (Å²) in [7, 11) is 0. The van der Waals surface area contributed by atoms with Crippen LogP contribution in [0.25, 0.3) is 78.4 Å². The number of halogens is 2. The van der Waals surface area contributed by atoms with Crippen LogP contribution in [-0.4, -0.2) is 19.9 Å². The van der Waals surface area contributed by atoms with E-state index in [1.807, 2.05) is 97.1 Å². The quantitative estimate of drug-likeness (QED) is 0.110. The predicted octanol–water partition coefficient (Wildman–Crippen LogP) is 24.5. The number of anilines is 8. The SMILES string of the molecule is Brc1ccc(-c2nccnc2-c2ccc(Br)cc2)cc1.c1ccc(-c2ccc(N(c3ccccc3)c3ccc(-c4nccnc4-c4ccc(N(c5ccccc5)c5ccc(-c6ccccc6)cc5)cc4)cc3)cc2)cc1.c1ccc(Nc2ccc(-c3ccccc3)cc2)cc1. The van der Waals surface area contributed by atoms with Crippen molar-refractivity contribution in [3.05, 3.63) is 386 Å². The van der Waals surface area contributed by atoms with E-state index in [1.165, 1.54) is 33.4 Å². The minimum Gasteiger partial charge on any atom is -0.356 e. The highest BCUT2D eigenvalue weighted by molar-refractivity contribution is 9.10. The monoisotopic (exact) mass is 1350 g/mol. The van der Waals surface area contributed by atoms with Crippen molar-refractivity contribution in [3.8, 4) is 78.4 Å². The van der Waals surface area contributed by atoms with Crippen LogP contribution in [0.3, 0.4) is 0 Å². The van der Waals surface area contributed by atoms with Gasteiger partial charge in [0.15, 0.2) is 0 Å². The minimum atomic E-state index is 0.835. The molecule has 0 fully saturated rings. The molecule has 0 spiro atoms. The average Bonchev–Trinajstić information content (AvgIpc) is 0.904. The molecule has 15 rings (SSSR count). The molecule has 0 aliphatic carbocycles. The summed E-state index contributed by atoms with van der Waals surface area (Å²) in [5, 5.41) is 3.38. The number of benzene rings is 13. The Balaban J connectivity index is 0.000000169. The molecule has 9 heteroatoms. The summed E-state index contributed by atoms with van der Waals surface area (Å²) >= 11 is 6.90. The number of rotatable bonds is 15. The highest BCUT2D eigenvalue weighted by atomic mass is 79.9. The summed E-state index contributed by atoms with van der Waals surface area (Å²) in [6, 6.07) is 122. The third-order valence-electron chi connectivity index (χ3n) is 16.0. The molecule has 0 saturated heterocycles. The van der Waals surface area contributed by atoms with Crippen LogP contribution < -0.4 is 15.1 Å². The maximum absolute atomic E-state index is 4.85. The number of nitrogens with zero attached hydrogens (tertiary/aromatic N) is 6. The third-order valence-corrected chi connectivity index (χ3v) is 17.0. The molecule has 13 aromatic carbocycles. The van der Waals surface area contributed by atoms with E-state index in [-0.39, 0.29) is 0 Å². The molecule has 2 aromatic heterocycles. The molecule has 95 heavy (non-hydrogen) atoms. The fraction of sp³-hybridized carbons (Fsp3) is 0. The number of hydrogen-bond donors (Lipinski definition) is 1. The Morgan fingerprint density at radius 2 is 0.389 bits per heavy atom. The first-order chi connectivity index (χ1) is 46.9. The van der Waals surface area contributed by atoms with E-state index in [4.69, 9.17) is 9.97 Å². The fourth-order valence-corrected chi connectivity index (χ4v) is 11.8. The molecule has 0 unspecified atom stereocenters. The van der Waals surface area contributed by atoms with Gasteiger partial charge < -0.3 is 15.1 Å². The molecular formula is C86H63Br2N7. The molecule has 1 N–H and O–H groups in total. The van der Waals surface area contributed by atoms with Gasteiger partial charge in [-0.1, -0.05) is 262 Å². The lowest BCUT2D eigenvalue weighted by atomic mass is 10.0. The first-order valence-electron chi connectivity index (χ1n) is 31.3. The molecule has 2 heterocycles. The summed E-state index contributed by atoms with van der Waals surface area (Å²) in [5.41, 5.74) is 23.5. The molecular weight excluding hydrogens is 1290 g/mol. The highest BCUT2D eigenvalue weighted by Crippen LogP contribution is 2.40. The van der Waals surface area contributed by atoms with E-state index in [1.54, 1.807) is 24.8 Å². The van der Waals surface area contributed by atoms with Crippen LogP contribution in [0.4, 0.5) is 45.5 Å². The smallest absolute Gasteiger partial charge is 0.0965 e. The van der Waals surface area contributed by atoms with Crippen LogP contribution in [0.2, 0.25) is 0 Å². The summed E-state index contributed by atoms with van der Waals surface area (Å²) in [4.78, 5) is 23.2. The van der Waals surface area contributed by atoms with Gasteiger partial charge >= 0.3 is 0 Å². The first kappa shape index (κ1) is 62.2. The van der Waals surface area contributed by atoms with Crippen LogP contribution in [0, 0.1) is 0 Å². The van der Waals surface area contributed by atoms with Crippen molar-refractivity contribution in [2.45, 2.75) is 0 Å². The Morgan fingerprint density at radius 1 is 0.189 bits per heavy atom. The standard InChI is InChI=1S/C52H38N4.C18H15N.C16H10Br2N2/c1-5-13-39(14-6-1)41-21-29-47(30-22-41)55(45-17-9-3-10-18-45)49-33-25-43(26-34-49)51-52(54-38-37-53-51)44-27-35-50(36-28-44)56(46-19-11-4-12-20-46)48-31-23-42(24-32-48)40-15-7-2-8-16-40;1-3-7-15(8-4-1)16-11-13-18(14-12-16)19-17-9-5-2-6-10-17;17-13-5-1-11(2-6-13)15-16(20-10-9-19-15)12-3-7-14(18)8-4-12/h1-38H;1-14,19H;1-10H. The molecule has 15 aromatic rings. The van der Waals surface area contributed by atoms with Gasteiger partial charge in [-0.05, 0) is 155 Å².